The third-order valence-corrected chi connectivity index (χ3v) is 3.17. The maximum absolute atomic E-state index is 4.37. The van der Waals surface area contributed by atoms with E-state index in [1.165, 1.54) is 5.69 Å². The minimum Gasteiger partial charge on any atom is -0.343 e. The molecule has 5 nitrogen and oxygen atoms in total. The van der Waals surface area contributed by atoms with E-state index in [9.17, 15) is 0 Å². The number of hydrogen-bond acceptors (Lipinski definition) is 3. The maximum Gasteiger partial charge on any atom is 0.146 e. The number of aryl methyl sites for hydroxylation is 1. The summed E-state index contributed by atoms with van der Waals surface area (Å²) < 4.78 is 4.22. The first-order valence-corrected chi connectivity index (χ1v) is 7.25. The quantitative estimate of drug-likeness (QED) is 0.881. The predicted molar refractivity (Wildman–Crippen MR) is 80.4 cm³/mol. The Kier molecular flexibility index (Phi) is 4.60. The molecule has 0 saturated heterocycles. The van der Waals surface area contributed by atoms with Crippen LogP contribution in [0, 0.1) is 0 Å². The average Bonchev–Trinajstić information content (AvgIpc) is 2.97. The van der Waals surface area contributed by atoms with Gasteiger partial charge in [0.15, 0.2) is 0 Å². The topological polar surface area (TPSA) is 47.7 Å². The van der Waals surface area contributed by atoms with Crippen LogP contribution in [0.3, 0.4) is 0 Å². The van der Waals surface area contributed by atoms with Gasteiger partial charge in [-0.25, -0.2) is 9.67 Å². The molecule has 0 amide bonds. The van der Waals surface area contributed by atoms with Gasteiger partial charge in [-0.1, -0.05) is 6.92 Å². The van der Waals surface area contributed by atoms with E-state index in [2.05, 4.69) is 66.0 Å². The molecule has 0 spiro atoms. The van der Waals surface area contributed by atoms with Crippen molar-refractivity contribution in [1.29, 1.82) is 0 Å². The molecule has 0 aliphatic carbocycles. The van der Waals surface area contributed by atoms with Gasteiger partial charge in [-0.3, -0.25) is 0 Å². The van der Waals surface area contributed by atoms with E-state index in [1.54, 1.807) is 6.33 Å². The zero-order chi connectivity index (χ0) is 14.6. The molecular formula is C15H25N5. The summed E-state index contributed by atoms with van der Waals surface area (Å²) in [5.41, 5.74) is 1.39. The highest BCUT2D eigenvalue weighted by atomic mass is 15.3. The summed E-state index contributed by atoms with van der Waals surface area (Å²) in [6.45, 7) is 11.2. The second-order valence-corrected chi connectivity index (χ2v) is 6.13. The van der Waals surface area contributed by atoms with Gasteiger partial charge in [0.25, 0.3) is 0 Å². The lowest BCUT2D eigenvalue weighted by Gasteiger charge is -2.21. The Bertz CT molecular complexity index is 532. The molecule has 0 radical (unpaired) electrons. The summed E-state index contributed by atoms with van der Waals surface area (Å²) in [5.74, 6) is 1.01. The molecule has 2 heterocycles. The molecule has 0 bridgehead atoms. The molecule has 5 heteroatoms. The van der Waals surface area contributed by atoms with E-state index in [0.29, 0.717) is 0 Å². The monoisotopic (exact) mass is 275 g/mol. The van der Waals surface area contributed by atoms with Crippen LogP contribution in [0.5, 0.6) is 0 Å². The van der Waals surface area contributed by atoms with E-state index >= 15 is 0 Å². The second-order valence-electron chi connectivity index (χ2n) is 6.13. The molecule has 1 N–H and O–H groups in total. The number of nitrogens with one attached hydrogen (secondary N) is 1. The lowest BCUT2D eigenvalue weighted by Crippen LogP contribution is -2.35. The first-order chi connectivity index (χ1) is 9.49. The molecule has 0 fully saturated rings. The highest BCUT2D eigenvalue weighted by molar-refractivity contribution is 5.09. The average molecular weight is 275 g/mol. The fourth-order valence-electron chi connectivity index (χ4n) is 2.08. The summed E-state index contributed by atoms with van der Waals surface area (Å²) in [7, 11) is 0. The van der Waals surface area contributed by atoms with Crippen LogP contribution < -0.4 is 5.32 Å². The Balaban J connectivity index is 2.06. The molecule has 2 aromatic rings. The second kappa shape index (κ2) is 6.22. The predicted octanol–water partition coefficient (Wildman–Crippen LogP) is 2.43. The van der Waals surface area contributed by atoms with E-state index in [4.69, 9.17) is 0 Å². The SMILES string of the molecule is CCCn1ncnc1Cn1cccc1CNC(C)(C)C. The molecule has 0 aliphatic heterocycles. The van der Waals surface area contributed by atoms with Crippen molar-refractivity contribution in [3.8, 4) is 0 Å². The van der Waals surface area contributed by atoms with Gasteiger partial charge in [-0.2, -0.15) is 5.10 Å². The van der Waals surface area contributed by atoms with Gasteiger partial charge in [0, 0.05) is 30.5 Å². The van der Waals surface area contributed by atoms with E-state index in [-0.39, 0.29) is 5.54 Å². The molecule has 0 atom stereocenters. The Morgan fingerprint density at radius 2 is 2.10 bits per heavy atom. The third kappa shape index (κ3) is 3.93. The van der Waals surface area contributed by atoms with Gasteiger partial charge in [0.2, 0.25) is 0 Å². The molecule has 0 aliphatic rings. The lowest BCUT2D eigenvalue weighted by molar-refractivity contribution is 0.416. The molecule has 0 saturated carbocycles. The standard InChI is InChI=1S/C15H25N5/c1-5-8-20-14(16-12-18-20)11-19-9-6-7-13(19)10-17-15(2,3)4/h6-7,9,12,17H,5,8,10-11H2,1-4H3. The molecule has 2 rings (SSSR count). The van der Waals surface area contributed by atoms with E-state index in [1.807, 2.05) is 4.68 Å². The van der Waals surface area contributed by atoms with Gasteiger partial charge in [-0.15, -0.1) is 0 Å². The summed E-state index contributed by atoms with van der Waals surface area (Å²) in [5, 5.41) is 7.80. The first-order valence-electron chi connectivity index (χ1n) is 7.25. The number of aromatic nitrogens is 4. The summed E-state index contributed by atoms with van der Waals surface area (Å²) in [4.78, 5) is 4.37. The van der Waals surface area contributed by atoms with Crippen molar-refractivity contribution in [2.75, 3.05) is 0 Å². The zero-order valence-electron chi connectivity index (χ0n) is 12.9. The van der Waals surface area contributed by atoms with E-state index in [0.717, 1.165) is 31.9 Å². The van der Waals surface area contributed by atoms with Gasteiger partial charge >= 0.3 is 0 Å². The number of nitrogens with zero attached hydrogens (tertiary/aromatic N) is 4. The van der Waals surface area contributed by atoms with Crippen LogP contribution >= 0.6 is 0 Å². The minimum absolute atomic E-state index is 0.122. The summed E-state index contributed by atoms with van der Waals surface area (Å²) >= 11 is 0. The molecule has 0 aromatic carbocycles. The van der Waals surface area contributed by atoms with Crippen LogP contribution in [0.4, 0.5) is 0 Å². The Hall–Kier alpha value is -1.62. The normalized spacial score (nSPS) is 12.0. The van der Waals surface area contributed by atoms with Gasteiger partial charge < -0.3 is 9.88 Å². The van der Waals surface area contributed by atoms with Crippen LogP contribution in [0.2, 0.25) is 0 Å². The Morgan fingerprint density at radius 3 is 2.80 bits per heavy atom. The highest BCUT2D eigenvalue weighted by Gasteiger charge is 2.11. The smallest absolute Gasteiger partial charge is 0.146 e. The lowest BCUT2D eigenvalue weighted by atomic mass is 10.1. The number of hydrogen-bond donors (Lipinski definition) is 1. The van der Waals surface area contributed by atoms with Crippen LogP contribution in [0.1, 0.15) is 45.6 Å². The van der Waals surface area contributed by atoms with Crippen molar-refractivity contribution in [2.24, 2.45) is 0 Å². The highest BCUT2D eigenvalue weighted by Crippen LogP contribution is 2.08. The van der Waals surface area contributed by atoms with Gasteiger partial charge in [0.05, 0.1) is 6.54 Å². The Morgan fingerprint density at radius 1 is 1.30 bits per heavy atom. The van der Waals surface area contributed by atoms with Crippen molar-refractivity contribution in [3.63, 3.8) is 0 Å². The molecule has 0 unspecified atom stereocenters. The molecular weight excluding hydrogens is 250 g/mol. The van der Waals surface area contributed by atoms with Crippen molar-refractivity contribution in [3.05, 3.63) is 36.2 Å². The third-order valence-electron chi connectivity index (χ3n) is 3.17. The molecule has 20 heavy (non-hydrogen) atoms. The summed E-state index contributed by atoms with van der Waals surface area (Å²) in [6, 6.07) is 4.24. The largest absolute Gasteiger partial charge is 0.343 e. The Labute approximate surface area is 121 Å². The van der Waals surface area contributed by atoms with Crippen LogP contribution in [0.15, 0.2) is 24.7 Å². The summed E-state index contributed by atoms with van der Waals surface area (Å²) in [6.07, 6.45) is 4.81. The maximum atomic E-state index is 4.37. The van der Waals surface area contributed by atoms with Gasteiger partial charge in [0.1, 0.15) is 12.2 Å². The zero-order valence-corrected chi connectivity index (χ0v) is 12.9. The van der Waals surface area contributed by atoms with Crippen molar-refractivity contribution in [1.82, 2.24) is 24.6 Å². The van der Waals surface area contributed by atoms with Crippen molar-refractivity contribution < 1.29 is 0 Å². The van der Waals surface area contributed by atoms with Crippen LogP contribution in [-0.2, 0) is 19.6 Å². The fraction of sp³-hybridized carbons (Fsp3) is 0.600. The minimum atomic E-state index is 0.122. The fourth-order valence-corrected chi connectivity index (χ4v) is 2.08. The molecule has 110 valence electrons. The number of rotatable bonds is 6. The van der Waals surface area contributed by atoms with Gasteiger partial charge in [-0.05, 0) is 39.3 Å². The first kappa shape index (κ1) is 14.8. The van der Waals surface area contributed by atoms with Crippen molar-refractivity contribution >= 4 is 0 Å². The molecule has 2 aromatic heterocycles. The van der Waals surface area contributed by atoms with E-state index < -0.39 is 0 Å². The van der Waals surface area contributed by atoms with Crippen LogP contribution in [-0.4, -0.2) is 24.9 Å². The van der Waals surface area contributed by atoms with Crippen molar-refractivity contribution in [2.45, 2.75) is 59.3 Å². The van der Waals surface area contributed by atoms with Crippen LogP contribution in [0.25, 0.3) is 0 Å².